The molecule has 0 radical (unpaired) electrons. The second kappa shape index (κ2) is 3.69. The molecule has 0 aromatic heterocycles. The molecule has 4 nitrogen and oxygen atoms in total. The van der Waals surface area contributed by atoms with E-state index in [0.29, 0.717) is 13.0 Å². The molecule has 11 heavy (non-hydrogen) atoms. The Morgan fingerprint density at radius 3 is 3.09 bits per heavy atom. The number of primary amides is 1. The van der Waals surface area contributed by atoms with Gasteiger partial charge < -0.3 is 15.4 Å². The second-order valence-corrected chi connectivity index (χ2v) is 2.93. The Labute approximate surface area is 66.3 Å². The van der Waals surface area contributed by atoms with Gasteiger partial charge in [0.15, 0.2) is 0 Å². The second-order valence-electron chi connectivity index (χ2n) is 2.93. The minimum Gasteiger partial charge on any atom is -0.375 e. The van der Waals surface area contributed by atoms with Crippen LogP contribution in [0.2, 0.25) is 0 Å². The maximum absolute atomic E-state index is 10.5. The molecule has 2 N–H and O–H groups in total. The molecule has 1 heterocycles. The summed E-state index contributed by atoms with van der Waals surface area (Å²) >= 11 is 0. The van der Waals surface area contributed by atoms with Gasteiger partial charge in [-0.05, 0) is 7.05 Å². The highest BCUT2D eigenvalue weighted by Gasteiger charge is 2.18. The van der Waals surface area contributed by atoms with Crippen molar-refractivity contribution < 1.29 is 9.53 Å². The number of hydrogen-bond donors (Lipinski definition) is 1. The van der Waals surface area contributed by atoms with Gasteiger partial charge in [0.05, 0.1) is 19.1 Å². The van der Waals surface area contributed by atoms with Crippen molar-refractivity contribution in [3.8, 4) is 0 Å². The summed E-state index contributed by atoms with van der Waals surface area (Å²) in [5, 5.41) is 0. The van der Waals surface area contributed by atoms with Crippen LogP contribution in [0, 0.1) is 0 Å². The Morgan fingerprint density at radius 2 is 2.55 bits per heavy atom. The summed E-state index contributed by atoms with van der Waals surface area (Å²) in [6.07, 6.45) is 0.343. The zero-order valence-electron chi connectivity index (χ0n) is 6.75. The Balaban J connectivity index is 2.28. The molecule has 1 unspecified atom stereocenters. The molecular weight excluding hydrogens is 144 g/mol. The fourth-order valence-corrected chi connectivity index (χ4v) is 1.21. The van der Waals surface area contributed by atoms with Crippen molar-refractivity contribution in [3.05, 3.63) is 0 Å². The van der Waals surface area contributed by atoms with E-state index in [4.69, 9.17) is 10.5 Å². The van der Waals surface area contributed by atoms with Gasteiger partial charge in [0.2, 0.25) is 5.91 Å². The summed E-state index contributed by atoms with van der Waals surface area (Å²) in [7, 11) is 2.01. The SMILES string of the molecule is CN1CCOC(CC(N)=O)C1. The van der Waals surface area contributed by atoms with Crippen LogP contribution in [-0.2, 0) is 9.53 Å². The lowest BCUT2D eigenvalue weighted by atomic mass is 10.2. The number of morpholine rings is 1. The Hall–Kier alpha value is -0.610. The van der Waals surface area contributed by atoms with Crippen LogP contribution < -0.4 is 5.73 Å². The van der Waals surface area contributed by atoms with Crippen LogP contribution in [-0.4, -0.2) is 43.7 Å². The number of ether oxygens (including phenoxy) is 1. The summed E-state index contributed by atoms with van der Waals surface area (Å²) < 4.78 is 5.32. The lowest BCUT2D eigenvalue weighted by Crippen LogP contribution is -2.41. The minimum atomic E-state index is -0.287. The molecule has 1 amide bonds. The predicted octanol–water partition coefficient (Wildman–Crippen LogP) is -0.808. The van der Waals surface area contributed by atoms with Crippen molar-refractivity contribution >= 4 is 5.91 Å². The maximum atomic E-state index is 10.5. The van der Waals surface area contributed by atoms with E-state index < -0.39 is 0 Å². The van der Waals surface area contributed by atoms with Crippen molar-refractivity contribution in [2.45, 2.75) is 12.5 Å². The summed E-state index contributed by atoms with van der Waals surface area (Å²) in [6, 6.07) is 0. The fourth-order valence-electron chi connectivity index (χ4n) is 1.21. The summed E-state index contributed by atoms with van der Waals surface area (Å²) in [4.78, 5) is 12.6. The van der Waals surface area contributed by atoms with E-state index in [0.717, 1.165) is 13.1 Å². The van der Waals surface area contributed by atoms with Gasteiger partial charge >= 0.3 is 0 Å². The van der Waals surface area contributed by atoms with E-state index in [2.05, 4.69) is 4.90 Å². The number of nitrogens with two attached hydrogens (primary N) is 1. The molecule has 0 aliphatic carbocycles. The van der Waals surface area contributed by atoms with Crippen LogP contribution in [0.5, 0.6) is 0 Å². The number of hydrogen-bond acceptors (Lipinski definition) is 3. The van der Waals surface area contributed by atoms with Gasteiger partial charge in [-0.3, -0.25) is 4.79 Å². The van der Waals surface area contributed by atoms with E-state index in [1.165, 1.54) is 0 Å². The largest absolute Gasteiger partial charge is 0.375 e. The molecule has 1 saturated heterocycles. The van der Waals surface area contributed by atoms with Crippen LogP contribution in [0.4, 0.5) is 0 Å². The lowest BCUT2D eigenvalue weighted by Gasteiger charge is -2.29. The first-order valence-corrected chi connectivity index (χ1v) is 3.77. The molecule has 1 fully saturated rings. The number of nitrogens with zero attached hydrogens (tertiary/aromatic N) is 1. The van der Waals surface area contributed by atoms with Gasteiger partial charge in [-0.25, -0.2) is 0 Å². The minimum absolute atomic E-state index is 0.00579. The predicted molar refractivity (Wildman–Crippen MR) is 41.0 cm³/mol. The van der Waals surface area contributed by atoms with Crippen LogP contribution >= 0.6 is 0 Å². The van der Waals surface area contributed by atoms with Crippen LogP contribution in [0.15, 0.2) is 0 Å². The van der Waals surface area contributed by atoms with Crippen molar-refractivity contribution in [1.29, 1.82) is 0 Å². The maximum Gasteiger partial charge on any atom is 0.220 e. The number of rotatable bonds is 2. The number of likely N-dealkylation sites (N-methyl/N-ethyl adjacent to an activating group) is 1. The van der Waals surface area contributed by atoms with Crippen LogP contribution in [0.3, 0.4) is 0 Å². The number of carbonyl (C=O) groups is 1. The normalized spacial score (nSPS) is 26.8. The molecule has 64 valence electrons. The quantitative estimate of drug-likeness (QED) is 0.572. The smallest absolute Gasteiger partial charge is 0.220 e. The topological polar surface area (TPSA) is 55.6 Å². The first-order valence-electron chi connectivity index (χ1n) is 3.77. The zero-order valence-corrected chi connectivity index (χ0v) is 6.75. The molecule has 0 saturated carbocycles. The lowest BCUT2D eigenvalue weighted by molar-refractivity contribution is -0.122. The molecule has 4 heteroatoms. The van der Waals surface area contributed by atoms with Crippen molar-refractivity contribution in [2.75, 3.05) is 26.7 Å². The third-order valence-electron chi connectivity index (χ3n) is 1.77. The van der Waals surface area contributed by atoms with E-state index >= 15 is 0 Å². The third-order valence-corrected chi connectivity index (χ3v) is 1.77. The molecule has 1 atom stereocenters. The highest BCUT2D eigenvalue weighted by Crippen LogP contribution is 2.05. The van der Waals surface area contributed by atoms with Gasteiger partial charge in [0.25, 0.3) is 0 Å². The summed E-state index contributed by atoms with van der Waals surface area (Å²) in [5.74, 6) is -0.287. The Morgan fingerprint density at radius 1 is 1.82 bits per heavy atom. The van der Waals surface area contributed by atoms with Gasteiger partial charge in [0, 0.05) is 13.1 Å². The average Bonchev–Trinajstić information content (AvgIpc) is 1.85. The number of amides is 1. The van der Waals surface area contributed by atoms with E-state index in [1.54, 1.807) is 0 Å². The molecule has 0 aromatic carbocycles. The Kier molecular flexibility index (Phi) is 2.84. The standard InChI is InChI=1S/C7H14N2O2/c1-9-2-3-11-6(5-9)4-7(8)10/h6H,2-5H2,1H3,(H2,8,10). The molecule has 0 bridgehead atoms. The van der Waals surface area contributed by atoms with Gasteiger partial charge in [0.1, 0.15) is 0 Å². The monoisotopic (exact) mass is 158 g/mol. The van der Waals surface area contributed by atoms with E-state index in [-0.39, 0.29) is 12.0 Å². The average molecular weight is 158 g/mol. The highest BCUT2D eigenvalue weighted by molar-refractivity contribution is 5.74. The zero-order chi connectivity index (χ0) is 8.27. The van der Waals surface area contributed by atoms with Gasteiger partial charge in [-0.2, -0.15) is 0 Å². The van der Waals surface area contributed by atoms with Gasteiger partial charge in [-0.1, -0.05) is 0 Å². The van der Waals surface area contributed by atoms with Crippen molar-refractivity contribution in [3.63, 3.8) is 0 Å². The van der Waals surface area contributed by atoms with Crippen LogP contribution in [0.1, 0.15) is 6.42 Å². The number of carbonyl (C=O) groups excluding carboxylic acids is 1. The van der Waals surface area contributed by atoms with Crippen molar-refractivity contribution in [1.82, 2.24) is 4.90 Å². The third kappa shape index (κ3) is 2.86. The van der Waals surface area contributed by atoms with Crippen LogP contribution in [0.25, 0.3) is 0 Å². The van der Waals surface area contributed by atoms with Crippen molar-refractivity contribution in [2.24, 2.45) is 5.73 Å². The molecule has 1 aliphatic heterocycles. The highest BCUT2D eigenvalue weighted by atomic mass is 16.5. The summed E-state index contributed by atoms with van der Waals surface area (Å²) in [6.45, 7) is 2.45. The Bertz CT molecular complexity index is 149. The summed E-state index contributed by atoms with van der Waals surface area (Å²) in [5.41, 5.74) is 5.03. The molecule has 0 spiro atoms. The molecular formula is C7H14N2O2. The van der Waals surface area contributed by atoms with E-state index in [9.17, 15) is 4.79 Å². The first-order chi connectivity index (χ1) is 5.18. The molecule has 1 rings (SSSR count). The molecule has 0 aromatic rings. The fraction of sp³-hybridized carbons (Fsp3) is 0.857. The molecule has 1 aliphatic rings. The van der Waals surface area contributed by atoms with Gasteiger partial charge in [-0.15, -0.1) is 0 Å². The first kappa shape index (κ1) is 8.49. The van der Waals surface area contributed by atoms with E-state index in [1.807, 2.05) is 7.05 Å².